The second-order valence-electron chi connectivity index (χ2n) is 4.59. The molecule has 0 radical (unpaired) electrons. The maximum absolute atomic E-state index is 11.8. The summed E-state index contributed by atoms with van der Waals surface area (Å²) in [5.41, 5.74) is 1.52. The standard InChI is InChI=1S/C16H16BrNO3/c1-11(19)12-5-7-15(8-6-12)21-10-16(20)18-14-4-2-3-13(17)9-14/h2-9,11,19H,10H2,1H3,(H,18,20)/t11-/m1/s1. The fourth-order valence-electron chi connectivity index (χ4n) is 1.75. The Labute approximate surface area is 131 Å². The van der Waals surface area contributed by atoms with E-state index in [0.29, 0.717) is 11.4 Å². The molecular formula is C16H16BrNO3. The van der Waals surface area contributed by atoms with Crippen molar-refractivity contribution in [2.75, 3.05) is 11.9 Å². The number of carbonyl (C=O) groups excluding carboxylic acids is 1. The molecule has 110 valence electrons. The van der Waals surface area contributed by atoms with Gasteiger partial charge in [0, 0.05) is 10.2 Å². The van der Waals surface area contributed by atoms with Crippen molar-refractivity contribution in [1.29, 1.82) is 0 Å². The molecule has 2 aromatic carbocycles. The van der Waals surface area contributed by atoms with Crippen molar-refractivity contribution in [2.45, 2.75) is 13.0 Å². The molecule has 2 N–H and O–H groups in total. The Hall–Kier alpha value is -1.85. The van der Waals surface area contributed by atoms with Crippen LogP contribution in [0.1, 0.15) is 18.6 Å². The molecule has 0 aliphatic heterocycles. The van der Waals surface area contributed by atoms with Crippen molar-refractivity contribution < 1.29 is 14.6 Å². The summed E-state index contributed by atoms with van der Waals surface area (Å²) in [5, 5.41) is 12.2. The van der Waals surface area contributed by atoms with Gasteiger partial charge in [0.1, 0.15) is 5.75 Å². The van der Waals surface area contributed by atoms with Gasteiger partial charge in [0.2, 0.25) is 0 Å². The number of hydrogen-bond acceptors (Lipinski definition) is 3. The molecule has 1 atom stereocenters. The van der Waals surface area contributed by atoms with E-state index in [1.165, 1.54) is 0 Å². The first kappa shape index (κ1) is 15.5. The van der Waals surface area contributed by atoms with E-state index in [0.717, 1.165) is 10.0 Å². The van der Waals surface area contributed by atoms with Crippen LogP contribution < -0.4 is 10.1 Å². The average Bonchev–Trinajstić information content (AvgIpc) is 2.45. The van der Waals surface area contributed by atoms with E-state index in [9.17, 15) is 9.90 Å². The lowest BCUT2D eigenvalue weighted by molar-refractivity contribution is -0.118. The van der Waals surface area contributed by atoms with Crippen molar-refractivity contribution in [3.8, 4) is 5.75 Å². The van der Waals surface area contributed by atoms with Crippen LogP contribution in [0.3, 0.4) is 0 Å². The second-order valence-corrected chi connectivity index (χ2v) is 5.51. The number of rotatable bonds is 5. The molecule has 21 heavy (non-hydrogen) atoms. The SMILES string of the molecule is C[C@@H](O)c1ccc(OCC(=O)Nc2cccc(Br)c2)cc1. The first-order valence-corrected chi connectivity index (χ1v) is 7.30. The lowest BCUT2D eigenvalue weighted by atomic mass is 10.1. The van der Waals surface area contributed by atoms with Gasteiger partial charge in [0.25, 0.3) is 5.91 Å². The summed E-state index contributed by atoms with van der Waals surface area (Å²) in [4.78, 5) is 11.8. The number of halogens is 1. The first-order chi connectivity index (χ1) is 10.0. The van der Waals surface area contributed by atoms with Gasteiger partial charge in [-0.3, -0.25) is 4.79 Å². The van der Waals surface area contributed by atoms with Gasteiger partial charge in [-0.2, -0.15) is 0 Å². The highest BCUT2D eigenvalue weighted by atomic mass is 79.9. The van der Waals surface area contributed by atoms with Gasteiger partial charge in [-0.1, -0.05) is 34.1 Å². The molecule has 0 saturated carbocycles. The zero-order valence-electron chi connectivity index (χ0n) is 11.5. The van der Waals surface area contributed by atoms with Crippen LogP contribution in [-0.4, -0.2) is 17.6 Å². The molecule has 0 bridgehead atoms. The summed E-state index contributed by atoms with van der Waals surface area (Å²) in [6.07, 6.45) is -0.515. The van der Waals surface area contributed by atoms with Gasteiger partial charge < -0.3 is 15.2 Å². The van der Waals surface area contributed by atoms with E-state index in [1.54, 1.807) is 37.3 Å². The van der Waals surface area contributed by atoms with Crippen molar-refractivity contribution >= 4 is 27.5 Å². The second kappa shape index (κ2) is 7.24. The van der Waals surface area contributed by atoms with E-state index >= 15 is 0 Å². The minimum Gasteiger partial charge on any atom is -0.484 e. The maximum atomic E-state index is 11.8. The largest absolute Gasteiger partial charge is 0.484 e. The van der Waals surface area contributed by atoms with Crippen LogP contribution in [0.15, 0.2) is 53.0 Å². The Morgan fingerprint density at radius 3 is 2.62 bits per heavy atom. The quantitative estimate of drug-likeness (QED) is 0.868. The molecule has 0 aliphatic carbocycles. The van der Waals surface area contributed by atoms with Crippen molar-refractivity contribution in [3.05, 3.63) is 58.6 Å². The number of benzene rings is 2. The smallest absolute Gasteiger partial charge is 0.262 e. The van der Waals surface area contributed by atoms with Crippen molar-refractivity contribution in [2.24, 2.45) is 0 Å². The Bertz CT molecular complexity index is 611. The number of hydrogen-bond donors (Lipinski definition) is 2. The van der Waals surface area contributed by atoms with E-state index in [1.807, 2.05) is 18.2 Å². The van der Waals surface area contributed by atoms with Crippen LogP contribution in [0, 0.1) is 0 Å². The molecule has 1 amide bonds. The number of ether oxygens (including phenoxy) is 1. The highest BCUT2D eigenvalue weighted by molar-refractivity contribution is 9.10. The Kier molecular flexibility index (Phi) is 5.36. The number of nitrogens with one attached hydrogen (secondary N) is 1. The molecule has 2 aromatic rings. The van der Waals surface area contributed by atoms with Crippen molar-refractivity contribution in [1.82, 2.24) is 0 Å². The predicted molar refractivity (Wildman–Crippen MR) is 85.3 cm³/mol. The molecule has 0 heterocycles. The van der Waals surface area contributed by atoms with Gasteiger partial charge in [0.05, 0.1) is 6.10 Å². The lowest BCUT2D eigenvalue weighted by Crippen LogP contribution is -2.20. The minimum absolute atomic E-state index is 0.0689. The first-order valence-electron chi connectivity index (χ1n) is 6.51. The molecule has 0 unspecified atom stereocenters. The zero-order valence-corrected chi connectivity index (χ0v) is 13.1. The van der Waals surface area contributed by atoms with Crippen LogP contribution in [0.5, 0.6) is 5.75 Å². The maximum Gasteiger partial charge on any atom is 0.262 e. The number of carbonyl (C=O) groups is 1. The molecule has 0 aliphatic rings. The monoisotopic (exact) mass is 349 g/mol. The summed E-state index contributed by atoms with van der Waals surface area (Å²) in [7, 11) is 0. The van der Waals surface area contributed by atoms with Crippen LogP contribution in [0.2, 0.25) is 0 Å². The van der Waals surface area contributed by atoms with Gasteiger partial charge in [0.15, 0.2) is 6.61 Å². The van der Waals surface area contributed by atoms with Crippen LogP contribution in [-0.2, 0) is 4.79 Å². The summed E-state index contributed by atoms with van der Waals surface area (Å²) in [5.74, 6) is 0.358. The summed E-state index contributed by atoms with van der Waals surface area (Å²) < 4.78 is 6.30. The van der Waals surface area contributed by atoms with Crippen LogP contribution >= 0.6 is 15.9 Å². The van der Waals surface area contributed by atoms with E-state index in [-0.39, 0.29) is 12.5 Å². The zero-order chi connectivity index (χ0) is 15.2. The number of aliphatic hydroxyl groups is 1. The highest BCUT2D eigenvalue weighted by Gasteiger charge is 2.05. The fourth-order valence-corrected chi connectivity index (χ4v) is 2.15. The average molecular weight is 350 g/mol. The Morgan fingerprint density at radius 2 is 2.00 bits per heavy atom. The van der Waals surface area contributed by atoms with Crippen LogP contribution in [0.25, 0.3) is 0 Å². The van der Waals surface area contributed by atoms with Crippen LogP contribution in [0.4, 0.5) is 5.69 Å². The van der Waals surface area contributed by atoms with Gasteiger partial charge in [-0.25, -0.2) is 0 Å². The van der Waals surface area contributed by atoms with E-state index in [4.69, 9.17) is 4.74 Å². The molecule has 2 rings (SSSR count). The molecule has 0 fully saturated rings. The molecule has 5 heteroatoms. The molecule has 0 spiro atoms. The molecule has 4 nitrogen and oxygen atoms in total. The predicted octanol–water partition coefficient (Wildman–Crippen LogP) is 3.52. The minimum atomic E-state index is -0.515. The summed E-state index contributed by atoms with van der Waals surface area (Å²) >= 11 is 3.34. The highest BCUT2D eigenvalue weighted by Crippen LogP contribution is 2.18. The lowest BCUT2D eigenvalue weighted by Gasteiger charge is -2.09. The molecule has 0 saturated heterocycles. The topological polar surface area (TPSA) is 58.6 Å². The summed E-state index contributed by atoms with van der Waals surface area (Å²) in [6, 6.07) is 14.3. The number of amides is 1. The van der Waals surface area contributed by atoms with E-state index in [2.05, 4.69) is 21.2 Å². The number of anilines is 1. The third-order valence-electron chi connectivity index (χ3n) is 2.84. The van der Waals surface area contributed by atoms with Crippen molar-refractivity contribution in [3.63, 3.8) is 0 Å². The Morgan fingerprint density at radius 1 is 1.29 bits per heavy atom. The molecular weight excluding hydrogens is 334 g/mol. The van der Waals surface area contributed by atoms with Gasteiger partial charge in [-0.15, -0.1) is 0 Å². The third kappa shape index (κ3) is 4.88. The Balaban J connectivity index is 1.86. The van der Waals surface area contributed by atoms with Gasteiger partial charge in [-0.05, 0) is 42.8 Å². The normalized spacial score (nSPS) is 11.8. The number of aliphatic hydroxyl groups excluding tert-OH is 1. The third-order valence-corrected chi connectivity index (χ3v) is 3.33. The molecule has 0 aromatic heterocycles. The van der Waals surface area contributed by atoms with E-state index < -0.39 is 6.10 Å². The van der Waals surface area contributed by atoms with Gasteiger partial charge >= 0.3 is 0 Å². The fraction of sp³-hybridized carbons (Fsp3) is 0.188. The summed E-state index contributed by atoms with van der Waals surface area (Å²) in [6.45, 7) is 1.63.